The maximum Gasteiger partial charge on any atom is 0.0546 e. The molecule has 0 amide bonds. The van der Waals surface area contributed by atoms with Gasteiger partial charge in [0.15, 0.2) is 0 Å². The summed E-state index contributed by atoms with van der Waals surface area (Å²) < 4.78 is 10.9. The normalized spacial score (nSPS) is 24.3. The monoisotopic (exact) mass is 286 g/mol. The SMILES string of the molecule is COCCCN(C)CC1(CNC(C)(C)C)CCCOC1. The van der Waals surface area contributed by atoms with E-state index in [4.69, 9.17) is 9.47 Å². The van der Waals surface area contributed by atoms with Crippen molar-refractivity contribution in [2.24, 2.45) is 5.41 Å². The van der Waals surface area contributed by atoms with Gasteiger partial charge in [-0.15, -0.1) is 0 Å². The van der Waals surface area contributed by atoms with Crippen molar-refractivity contribution in [3.8, 4) is 0 Å². The summed E-state index contributed by atoms with van der Waals surface area (Å²) in [4.78, 5) is 2.43. The molecule has 1 fully saturated rings. The van der Waals surface area contributed by atoms with Crippen molar-refractivity contribution < 1.29 is 9.47 Å². The predicted molar refractivity (Wildman–Crippen MR) is 84.2 cm³/mol. The molecule has 0 aromatic carbocycles. The van der Waals surface area contributed by atoms with Crippen LogP contribution in [-0.2, 0) is 9.47 Å². The first-order valence-electron chi connectivity index (χ1n) is 7.87. The standard InChI is InChI=1S/C16H34N2O2/c1-15(2,3)17-12-16(8-6-11-20-14-16)13-18(4)9-7-10-19-5/h17H,6-14H2,1-5H3. The number of ether oxygens (including phenoxy) is 2. The van der Waals surface area contributed by atoms with Gasteiger partial charge in [0.25, 0.3) is 0 Å². The Hall–Kier alpha value is -0.160. The largest absolute Gasteiger partial charge is 0.385 e. The van der Waals surface area contributed by atoms with Crippen molar-refractivity contribution in [2.75, 3.05) is 53.6 Å². The summed E-state index contributed by atoms with van der Waals surface area (Å²) in [7, 11) is 3.98. The highest BCUT2D eigenvalue weighted by atomic mass is 16.5. The Morgan fingerprint density at radius 1 is 1.35 bits per heavy atom. The first-order chi connectivity index (χ1) is 9.37. The third kappa shape index (κ3) is 7.02. The molecule has 0 spiro atoms. The van der Waals surface area contributed by atoms with Crippen LogP contribution in [0.2, 0.25) is 0 Å². The topological polar surface area (TPSA) is 33.7 Å². The summed E-state index contributed by atoms with van der Waals surface area (Å²) in [5.74, 6) is 0. The molecule has 0 aromatic rings. The van der Waals surface area contributed by atoms with E-state index in [0.717, 1.165) is 45.9 Å². The molecule has 0 aliphatic carbocycles. The van der Waals surface area contributed by atoms with Gasteiger partial charge in [0.05, 0.1) is 6.61 Å². The molecule has 0 aromatic heterocycles. The highest BCUT2D eigenvalue weighted by Gasteiger charge is 2.34. The Morgan fingerprint density at radius 3 is 2.65 bits per heavy atom. The lowest BCUT2D eigenvalue weighted by Gasteiger charge is -2.41. The van der Waals surface area contributed by atoms with Crippen molar-refractivity contribution >= 4 is 0 Å². The van der Waals surface area contributed by atoms with Crippen LogP contribution in [-0.4, -0.2) is 64.1 Å². The van der Waals surface area contributed by atoms with Gasteiger partial charge in [-0.1, -0.05) is 0 Å². The molecule has 1 heterocycles. The van der Waals surface area contributed by atoms with Gasteiger partial charge in [0.2, 0.25) is 0 Å². The minimum Gasteiger partial charge on any atom is -0.385 e. The molecule has 4 heteroatoms. The van der Waals surface area contributed by atoms with E-state index in [1.807, 2.05) is 0 Å². The number of nitrogens with zero attached hydrogens (tertiary/aromatic N) is 1. The zero-order chi connectivity index (χ0) is 15.1. The molecule has 1 saturated heterocycles. The molecular weight excluding hydrogens is 252 g/mol. The van der Waals surface area contributed by atoms with Crippen molar-refractivity contribution in [1.82, 2.24) is 10.2 Å². The van der Waals surface area contributed by atoms with Gasteiger partial charge in [0.1, 0.15) is 0 Å². The molecule has 1 aliphatic heterocycles. The highest BCUT2D eigenvalue weighted by Crippen LogP contribution is 2.29. The smallest absolute Gasteiger partial charge is 0.0546 e. The van der Waals surface area contributed by atoms with E-state index in [2.05, 4.69) is 38.0 Å². The van der Waals surface area contributed by atoms with E-state index in [0.29, 0.717) is 0 Å². The molecule has 0 bridgehead atoms. The van der Waals surface area contributed by atoms with Crippen LogP contribution in [0, 0.1) is 5.41 Å². The van der Waals surface area contributed by atoms with Crippen LogP contribution < -0.4 is 5.32 Å². The summed E-state index contributed by atoms with van der Waals surface area (Å²) in [6.07, 6.45) is 3.53. The molecule has 1 atom stereocenters. The molecule has 4 nitrogen and oxygen atoms in total. The first kappa shape index (κ1) is 17.9. The van der Waals surface area contributed by atoms with Gasteiger partial charge in [-0.2, -0.15) is 0 Å². The van der Waals surface area contributed by atoms with Gasteiger partial charge in [-0.05, 0) is 47.1 Å². The van der Waals surface area contributed by atoms with E-state index < -0.39 is 0 Å². The summed E-state index contributed by atoms with van der Waals surface area (Å²) in [6.45, 7) is 12.5. The fourth-order valence-electron chi connectivity index (χ4n) is 2.81. The van der Waals surface area contributed by atoms with Crippen LogP contribution in [0.15, 0.2) is 0 Å². The number of nitrogens with one attached hydrogen (secondary N) is 1. The molecule has 1 aliphatic rings. The van der Waals surface area contributed by atoms with Crippen LogP contribution in [0.25, 0.3) is 0 Å². The average Bonchev–Trinajstić information content (AvgIpc) is 2.37. The van der Waals surface area contributed by atoms with E-state index in [-0.39, 0.29) is 11.0 Å². The third-order valence-electron chi connectivity index (χ3n) is 3.89. The second-order valence-electron chi connectivity index (χ2n) is 7.34. The highest BCUT2D eigenvalue weighted by molar-refractivity contribution is 4.89. The minimum atomic E-state index is 0.166. The molecule has 0 radical (unpaired) electrons. The molecule has 120 valence electrons. The lowest BCUT2D eigenvalue weighted by atomic mass is 9.81. The van der Waals surface area contributed by atoms with Gasteiger partial charge >= 0.3 is 0 Å². The van der Waals surface area contributed by atoms with Crippen molar-refractivity contribution in [1.29, 1.82) is 0 Å². The molecule has 1 N–H and O–H groups in total. The Balaban J connectivity index is 2.49. The average molecular weight is 286 g/mol. The van der Waals surface area contributed by atoms with Crippen molar-refractivity contribution in [2.45, 2.75) is 45.6 Å². The quantitative estimate of drug-likeness (QED) is 0.693. The summed E-state index contributed by atoms with van der Waals surface area (Å²) in [5.41, 5.74) is 0.423. The fraction of sp³-hybridized carbons (Fsp3) is 1.00. The van der Waals surface area contributed by atoms with Crippen molar-refractivity contribution in [3.05, 3.63) is 0 Å². The van der Waals surface area contributed by atoms with Gasteiger partial charge in [-0.25, -0.2) is 0 Å². The lowest BCUT2D eigenvalue weighted by Crippen LogP contribution is -2.52. The second kappa shape index (κ2) is 8.32. The Kier molecular flexibility index (Phi) is 7.45. The Labute approximate surface area is 125 Å². The lowest BCUT2D eigenvalue weighted by molar-refractivity contribution is -0.0259. The molecular formula is C16H34N2O2. The molecule has 0 saturated carbocycles. The molecule has 1 unspecified atom stereocenters. The summed E-state index contributed by atoms with van der Waals surface area (Å²) in [6, 6.07) is 0. The maximum atomic E-state index is 5.79. The third-order valence-corrected chi connectivity index (χ3v) is 3.89. The van der Waals surface area contributed by atoms with Crippen LogP contribution in [0.4, 0.5) is 0 Å². The zero-order valence-electron chi connectivity index (χ0n) is 14.1. The van der Waals surface area contributed by atoms with Crippen molar-refractivity contribution in [3.63, 3.8) is 0 Å². The minimum absolute atomic E-state index is 0.166. The number of hydrogen-bond donors (Lipinski definition) is 1. The number of hydrogen-bond acceptors (Lipinski definition) is 4. The Bertz CT molecular complexity index is 258. The van der Waals surface area contributed by atoms with Gasteiger partial charge < -0.3 is 19.7 Å². The van der Waals surface area contributed by atoms with E-state index in [1.54, 1.807) is 7.11 Å². The Morgan fingerprint density at radius 2 is 2.10 bits per heavy atom. The first-order valence-corrected chi connectivity index (χ1v) is 7.87. The van der Waals surface area contributed by atoms with E-state index >= 15 is 0 Å². The molecule has 1 rings (SSSR count). The van der Waals surface area contributed by atoms with Crippen LogP contribution >= 0.6 is 0 Å². The second-order valence-corrected chi connectivity index (χ2v) is 7.34. The number of rotatable bonds is 8. The van der Waals surface area contributed by atoms with Crippen LogP contribution in [0.1, 0.15) is 40.0 Å². The number of methoxy groups -OCH3 is 1. The zero-order valence-corrected chi connectivity index (χ0v) is 14.1. The maximum absolute atomic E-state index is 5.79. The predicted octanol–water partition coefficient (Wildman–Crippen LogP) is 2.14. The summed E-state index contributed by atoms with van der Waals surface area (Å²) in [5, 5.41) is 3.67. The van der Waals surface area contributed by atoms with E-state index in [9.17, 15) is 0 Å². The fourth-order valence-corrected chi connectivity index (χ4v) is 2.81. The van der Waals surface area contributed by atoms with Crippen LogP contribution in [0.5, 0.6) is 0 Å². The molecule has 20 heavy (non-hydrogen) atoms. The summed E-state index contributed by atoms with van der Waals surface area (Å²) >= 11 is 0. The van der Waals surface area contributed by atoms with E-state index in [1.165, 1.54) is 12.8 Å². The van der Waals surface area contributed by atoms with Gasteiger partial charge in [-0.3, -0.25) is 0 Å². The van der Waals surface area contributed by atoms with Gasteiger partial charge in [0, 0.05) is 50.9 Å². The van der Waals surface area contributed by atoms with Crippen LogP contribution in [0.3, 0.4) is 0 Å².